The average molecular weight is 194 g/mol. The van der Waals surface area contributed by atoms with Gasteiger partial charge in [-0.1, -0.05) is 12.2 Å². The average Bonchev–Trinajstić information content (AvgIpc) is 1.97. The van der Waals surface area contributed by atoms with Crippen molar-refractivity contribution in [3.63, 3.8) is 0 Å². The van der Waals surface area contributed by atoms with E-state index in [-0.39, 0.29) is 0 Å². The van der Waals surface area contributed by atoms with Gasteiger partial charge in [-0.05, 0) is 14.1 Å². The summed E-state index contributed by atoms with van der Waals surface area (Å²) in [6.07, 6.45) is 0. The lowest BCUT2D eigenvalue weighted by Crippen LogP contribution is -2.15. The molecule has 0 aromatic carbocycles. The van der Waals surface area contributed by atoms with Crippen molar-refractivity contribution in [1.29, 1.82) is 0 Å². The summed E-state index contributed by atoms with van der Waals surface area (Å²) < 4.78 is 0. The van der Waals surface area contributed by atoms with Crippen molar-refractivity contribution in [1.82, 2.24) is 4.90 Å². The number of hydrogen-bond acceptors (Lipinski definition) is 2. The fraction of sp³-hybridized carbons (Fsp3) is 0.750. The number of hydrogen-bond donors (Lipinski definition) is 0. The van der Waals surface area contributed by atoms with Gasteiger partial charge in [0.25, 0.3) is 0 Å². The van der Waals surface area contributed by atoms with Crippen LogP contribution in [0.2, 0.25) is 0 Å². The summed E-state index contributed by atoms with van der Waals surface area (Å²) in [5, 5.41) is 0. The van der Waals surface area contributed by atoms with E-state index in [9.17, 15) is 0 Å². The Balaban J connectivity index is 3.08. The van der Waals surface area contributed by atoms with Crippen molar-refractivity contribution >= 4 is 23.4 Å². The first-order chi connectivity index (χ1) is 5.16. The van der Waals surface area contributed by atoms with Crippen molar-refractivity contribution < 1.29 is 0 Å². The molecule has 0 aromatic rings. The number of thioether (sulfide) groups is 1. The van der Waals surface area contributed by atoms with Crippen LogP contribution in [0.25, 0.3) is 0 Å². The first-order valence-corrected chi connectivity index (χ1v) is 5.31. The minimum absolute atomic E-state index is 0.592. The molecule has 0 saturated heterocycles. The topological polar surface area (TPSA) is 3.24 Å². The Labute approximate surface area is 78.8 Å². The van der Waals surface area contributed by atoms with E-state index in [1.165, 1.54) is 0 Å². The van der Waals surface area contributed by atoms with E-state index in [4.69, 9.17) is 11.6 Å². The lowest BCUT2D eigenvalue weighted by atomic mass is 10.4. The molecule has 0 amide bonds. The Morgan fingerprint density at radius 3 is 2.64 bits per heavy atom. The monoisotopic (exact) mass is 193 g/mol. The molecule has 1 nitrogen and oxygen atoms in total. The number of alkyl halides is 1. The molecule has 0 rings (SSSR count). The molecule has 0 aliphatic rings. The second-order valence-corrected chi connectivity index (χ2v) is 4.11. The third-order valence-corrected chi connectivity index (χ3v) is 2.64. The molecule has 0 aliphatic carbocycles. The highest BCUT2D eigenvalue weighted by molar-refractivity contribution is 7.99. The zero-order valence-corrected chi connectivity index (χ0v) is 8.84. The Bertz CT molecular complexity index is 115. The van der Waals surface area contributed by atoms with E-state index < -0.39 is 0 Å². The standard InChI is InChI=1S/C8H16ClNS/c1-8(6-9)7-11-5-4-10(2)3/h1,4-7H2,2-3H3. The zero-order chi connectivity index (χ0) is 8.69. The van der Waals surface area contributed by atoms with Crippen molar-refractivity contribution in [3.05, 3.63) is 12.2 Å². The van der Waals surface area contributed by atoms with Gasteiger partial charge < -0.3 is 4.90 Å². The van der Waals surface area contributed by atoms with Gasteiger partial charge in [0.1, 0.15) is 0 Å². The minimum Gasteiger partial charge on any atom is -0.309 e. The maximum Gasteiger partial charge on any atom is 0.0439 e. The summed E-state index contributed by atoms with van der Waals surface area (Å²) >= 11 is 7.46. The fourth-order valence-electron chi connectivity index (χ4n) is 0.502. The van der Waals surface area contributed by atoms with Gasteiger partial charge in [-0.2, -0.15) is 11.8 Å². The predicted octanol–water partition coefficient (Wildman–Crippen LogP) is 2.08. The molecule has 0 spiro atoms. The van der Waals surface area contributed by atoms with Gasteiger partial charge in [-0.15, -0.1) is 11.6 Å². The van der Waals surface area contributed by atoms with E-state index in [0.717, 1.165) is 23.6 Å². The molecule has 0 fully saturated rings. The first kappa shape index (κ1) is 11.3. The molecule has 0 unspecified atom stereocenters. The van der Waals surface area contributed by atoms with E-state index in [2.05, 4.69) is 25.6 Å². The summed E-state index contributed by atoms with van der Waals surface area (Å²) in [6, 6.07) is 0. The van der Waals surface area contributed by atoms with Gasteiger partial charge in [0, 0.05) is 23.9 Å². The Kier molecular flexibility index (Phi) is 7.23. The molecule has 0 N–H and O–H groups in total. The van der Waals surface area contributed by atoms with Crippen LogP contribution in [0, 0.1) is 0 Å². The predicted molar refractivity (Wildman–Crippen MR) is 55.7 cm³/mol. The SMILES string of the molecule is C=C(CCl)CSCCN(C)C. The molecule has 0 atom stereocenters. The largest absolute Gasteiger partial charge is 0.309 e. The van der Waals surface area contributed by atoms with Gasteiger partial charge in [0.05, 0.1) is 0 Å². The van der Waals surface area contributed by atoms with Crippen LogP contribution in [-0.2, 0) is 0 Å². The second kappa shape index (κ2) is 7.01. The third kappa shape index (κ3) is 8.24. The number of rotatable bonds is 6. The van der Waals surface area contributed by atoms with Crippen molar-refractivity contribution in [2.75, 3.05) is 38.0 Å². The molecular formula is C8H16ClNS. The smallest absolute Gasteiger partial charge is 0.0439 e. The van der Waals surface area contributed by atoms with Gasteiger partial charge >= 0.3 is 0 Å². The molecule has 11 heavy (non-hydrogen) atoms. The van der Waals surface area contributed by atoms with E-state index in [1.807, 2.05) is 11.8 Å². The number of nitrogens with zero attached hydrogens (tertiary/aromatic N) is 1. The lowest BCUT2D eigenvalue weighted by Gasteiger charge is -2.08. The molecule has 0 saturated carbocycles. The zero-order valence-electron chi connectivity index (χ0n) is 7.27. The van der Waals surface area contributed by atoms with E-state index >= 15 is 0 Å². The normalized spacial score (nSPS) is 10.5. The quantitative estimate of drug-likeness (QED) is 0.361. The molecule has 0 radical (unpaired) electrons. The van der Waals surface area contributed by atoms with Crippen LogP contribution in [0.1, 0.15) is 0 Å². The third-order valence-electron chi connectivity index (χ3n) is 1.18. The molecule has 0 heterocycles. The minimum atomic E-state index is 0.592. The molecule has 0 bridgehead atoms. The van der Waals surface area contributed by atoms with Gasteiger partial charge in [-0.3, -0.25) is 0 Å². The molecule has 66 valence electrons. The lowest BCUT2D eigenvalue weighted by molar-refractivity contribution is 0.437. The van der Waals surface area contributed by atoms with Crippen LogP contribution in [-0.4, -0.2) is 42.9 Å². The van der Waals surface area contributed by atoms with Crippen LogP contribution in [0.3, 0.4) is 0 Å². The van der Waals surface area contributed by atoms with E-state index in [1.54, 1.807) is 0 Å². The van der Waals surface area contributed by atoms with Crippen LogP contribution < -0.4 is 0 Å². The number of halogens is 1. The fourth-order valence-corrected chi connectivity index (χ4v) is 1.74. The van der Waals surface area contributed by atoms with Gasteiger partial charge in [-0.25, -0.2) is 0 Å². The van der Waals surface area contributed by atoms with Crippen molar-refractivity contribution in [2.24, 2.45) is 0 Å². The molecule has 0 aromatic heterocycles. The first-order valence-electron chi connectivity index (χ1n) is 3.62. The van der Waals surface area contributed by atoms with Gasteiger partial charge in [0.15, 0.2) is 0 Å². The Morgan fingerprint density at radius 2 is 2.18 bits per heavy atom. The summed E-state index contributed by atoms with van der Waals surface area (Å²) in [7, 11) is 4.16. The Morgan fingerprint density at radius 1 is 1.55 bits per heavy atom. The van der Waals surface area contributed by atoms with Crippen LogP contribution in [0.4, 0.5) is 0 Å². The van der Waals surface area contributed by atoms with Crippen LogP contribution in [0.15, 0.2) is 12.2 Å². The Hall–Kier alpha value is 0.340. The molecule has 0 aliphatic heterocycles. The highest BCUT2D eigenvalue weighted by atomic mass is 35.5. The van der Waals surface area contributed by atoms with Crippen molar-refractivity contribution in [2.45, 2.75) is 0 Å². The summed E-state index contributed by atoms with van der Waals surface area (Å²) in [5.74, 6) is 2.75. The maximum atomic E-state index is 5.57. The van der Waals surface area contributed by atoms with Crippen LogP contribution >= 0.6 is 23.4 Å². The summed E-state index contributed by atoms with van der Waals surface area (Å²) in [6.45, 7) is 4.95. The molecular weight excluding hydrogens is 178 g/mol. The highest BCUT2D eigenvalue weighted by Gasteiger charge is 1.93. The summed E-state index contributed by atoms with van der Waals surface area (Å²) in [4.78, 5) is 2.18. The highest BCUT2D eigenvalue weighted by Crippen LogP contribution is 2.06. The van der Waals surface area contributed by atoms with Crippen molar-refractivity contribution in [3.8, 4) is 0 Å². The van der Waals surface area contributed by atoms with Crippen LogP contribution in [0.5, 0.6) is 0 Å². The molecule has 3 heteroatoms. The van der Waals surface area contributed by atoms with E-state index in [0.29, 0.717) is 5.88 Å². The second-order valence-electron chi connectivity index (χ2n) is 2.74. The summed E-state index contributed by atoms with van der Waals surface area (Å²) in [5.41, 5.74) is 1.12. The van der Waals surface area contributed by atoms with Gasteiger partial charge in [0.2, 0.25) is 0 Å². The maximum absolute atomic E-state index is 5.57.